The lowest BCUT2D eigenvalue weighted by atomic mass is 9.97. The Morgan fingerprint density at radius 2 is 1.96 bits per heavy atom. The summed E-state index contributed by atoms with van der Waals surface area (Å²) in [5, 5.41) is 4.64. The molecule has 126 valence electrons. The Kier molecular flexibility index (Phi) is 5.12. The van der Waals surface area contributed by atoms with E-state index < -0.39 is 10.0 Å². The molecule has 0 aliphatic heterocycles. The smallest absolute Gasteiger partial charge is 0.244 e. The molecule has 0 atom stereocenters. The molecule has 0 aromatic carbocycles. The van der Waals surface area contributed by atoms with Gasteiger partial charge < -0.3 is 4.52 Å². The molecule has 0 N–H and O–H groups in total. The number of hydrogen-bond donors (Lipinski definition) is 0. The van der Waals surface area contributed by atoms with E-state index in [0.29, 0.717) is 22.5 Å². The van der Waals surface area contributed by atoms with Crippen LogP contribution in [0.15, 0.2) is 32.8 Å². The largest absolute Gasteiger partial charge is 0.339 e. The van der Waals surface area contributed by atoms with Gasteiger partial charge in [-0.05, 0) is 12.1 Å². The average Bonchev–Trinajstić information content (AvgIpc) is 2.94. The molecule has 0 aliphatic rings. The highest BCUT2D eigenvalue weighted by Gasteiger charge is 2.22. The first-order valence-electron chi connectivity index (χ1n) is 6.95. The van der Waals surface area contributed by atoms with E-state index in [1.54, 1.807) is 12.1 Å². The van der Waals surface area contributed by atoms with Gasteiger partial charge in [0, 0.05) is 25.7 Å². The van der Waals surface area contributed by atoms with E-state index in [-0.39, 0.29) is 10.3 Å². The lowest BCUT2D eigenvalue weighted by Crippen LogP contribution is -2.22. The summed E-state index contributed by atoms with van der Waals surface area (Å²) in [5.41, 5.74) is -0.184. The minimum absolute atomic E-state index is 0.168. The fourth-order valence-electron chi connectivity index (χ4n) is 1.57. The van der Waals surface area contributed by atoms with Crippen molar-refractivity contribution in [3.63, 3.8) is 0 Å². The third-order valence-corrected chi connectivity index (χ3v) is 5.69. The number of nitrogens with zero attached hydrogens (tertiary/aromatic N) is 4. The fraction of sp³-hybridized carbons (Fsp3) is 0.500. The third kappa shape index (κ3) is 4.30. The van der Waals surface area contributed by atoms with Crippen molar-refractivity contribution in [3.8, 4) is 0 Å². The first-order valence-corrected chi connectivity index (χ1v) is 9.38. The second-order valence-electron chi connectivity index (χ2n) is 6.17. The van der Waals surface area contributed by atoms with Crippen LogP contribution in [0.2, 0.25) is 0 Å². The quantitative estimate of drug-likeness (QED) is 0.759. The number of hydrogen-bond acceptors (Lipinski definition) is 7. The van der Waals surface area contributed by atoms with Crippen molar-refractivity contribution in [2.45, 2.75) is 41.9 Å². The highest BCUT2D eigenvalue weighted by atomic mass is 32.2. The van der Waals surface area contributed by atoms with Crippen LogP contribution in [0.4, 0.5) is 0 Å². The zero-order chi connectivity index (χ0) is 17.3. The van der Waals surface area contributed by atoms with Crippen molar-refractivity contribution < 1.29 is 12.9 Å². The van der Waals surface area contributed by atoms with Crippen LogP contribution in [0.25, 0.3) is 0 Å². The predicted octanol–water partition coefficient (Wildman–Crippen LogP) is 2.30. The van der Waals surface area contributed by atoms with E-state index in [4.69, 9.17) is 4.52 Å². The van der Waals surface area contributed by atoms with Crippen LogP contribution in [-0.4, -0.2) is 41.9 Å². The first-order chi connectivity index (χ1) is 10.6. The topological polar surface area (TPSA) is 89.2 Å². The van der Waals surface area contributed by atoms with Crippen LogP contribution in [-0.2, 0) is 21.2 Å². The molecule has 2 aromatic rings. The lowest BCUT2D eigenvalue weighted by molar-refractivity contribution is 0.319. The van der Waals surface area contributed by atoms with Gasteiger partial charge in [0.15, 0.2) is 5.82 Å². The molecule has 0 saturated heterocycles. The molecule has 0 spiro atoms. The SMILES string of the molecule is CN(C)S(=O)(=O)c1ccc(SCc2noc(C(C)(C)C)n2)nc1. The van der Waals surface area contributed by atoms with Crippen LogP contribution < -0.4 is 0 Å². The molecule has 0 saturated carbocycles. The average molecular weight is 356 g/mol. The van der Waals surface area contributed by atoms with Crippen molar-refractivity contribution in [2.24, 2.45) is 0 Å². The first kappa shape index (κ1) is 17.9. The second-order valence-corrected chi connectivity index (χ2v) is 9.32. The molecule has 0 radical (unpaired) electrons. The molecule has 7 nitrogen and oxygen atoms in total. The molecule has 0 unspecified atom stereocenters. The zero-order valence-corrected chi connectivity index (χ0v) is 15.4. The van der Waals surface area contributed by atoms with Crippen molar-refractivity contribution in [2.75, 3.05) is 14.1 Å². The van der Waals surface area contributed by atoms with Gasteiger partial charge in [0.25, 0.3) is 0 Å². The van der Waals surface area contributed by atoms with Crippen LogP contribution in [0.3, 0.4) is 0 Å². The Bertz CT molecular complexity index is 762. The van der Waals surface area contributed by atoms with Crippen LogP contribution in [0, 0.1) is 0 Å². The van der Waals surface area contributed by atoms with Gasteiger partial charge in [-0.3, -0.25) is 0 Å². The Morgan fingerprint density at radius 3 is 2.43 bits per heavy atom. The minimum atomic E-state index is -3.45. The zero-order valence-electron chi connectivity index (χ0n) is 13.8. The maximum Gasteiger partial charge on any atom is 0.244 e. The Morgan fingerprint density at radius 1 is 1.26 bits per heavy atom. The van der Waals surface area contributed by atoms with Gasteiger partial charge >= 0.3 is 0 Å². The fourth-order valence-corrected chi connectivity index (χ4v) is 3.10. The lowest BCUT2D eigenvalue weighted by Gasteiger charge is -2.11. The maximum atomic E-state index is 12.0. The molecule has 0 bridgehead atoms. The van der Waals surface area contributed by atoms with E-state index in [2.05, 4.69) is 15.1 Å². The number of rotatable bonds is 5. The molecule has 2 aromatic heterocycles. The molecule has 9 heteroatoms. The van der Waals surface area contributed by atoms with Gasteiger partial charge in [0.1, 0.15) is 4.90 Å². The molecular weight excluding hydrogens is 336 g/mol. The molecule has 0 aliphatic carbocycles. The molecule has 2 heterocycles. The normalized spacial score (nSPS) is 12.8. The van der Waals surface area contributed by atoms with E-state index in [9.17, 15) is 8.42 Å². The van der Waals surface area contributed by atoms with Gasteiger partial charge in [-0.2, -0.15) is 4.98 Å². The number of pyridine rings is 1. The van der Waals surface area contributed by atoms with Crippen LogP contribution in [0.1, 0.15) is 32.5 Å². The molecule has 0 amide bonds. The number of sulfonamides is 1. The molecular formula is C14H20N4O3S2. The van der Waals surface area contributed by atoms with Gasteiger partial charge in [-0.25, -0.2) is 17.7 Å². The number of thioether (sulfide) groups is 1. The second kappa shape index (κ2) is 6.58. The molecule has 23 heavy (non-hydrogen) atoms. The van der Waals surface area contributed by atoms with Crippen molar-refractivity contribution in [1.82, 2.24) is 19.4 Å². The molecule has 2 rings (SSSR count). The standard InChI is InChI=1S/C14H20N4O3S2/c1-14(2,3)13-16-11(17-21-13)9-22-12-7-6-10(8-15-12)23(19,20)18(4)5/h6-8H,9H2,1-5H3. The van der Waals surface area contributed by atoms with Gasteiger partial charge in [0.05, 0.1) is 10.8 Å². The van der Waals surface area contributed by atoms with E-state index in [1.807, 2.05) is 20.8 Å². The van der Waals surface area contributed by atoms with E-state index >= 15 is 0 Å². The summed E-state index contributed by atoms with van der Waals surface area (Å²) in [6.45, 7) is 6.01. The van der Waals surface area contributed by atoms with Crippen LogP contribution >= 0.6 is 11.8 Å². The Hall–Kier alpha value is -1.45. The summed E-state index contributed by atoms with van der Waals surface area (Å²) in [6, 6.07) is 3.22. The molecule has 0 fully saturated rings. The highest BCUT2D eigenvalue weighted by molar-refractivity contribution is 7.98. The summed E-state index contributed by atoms with van der Waals surface area (Å²) >= 11 is 1.42. The number of aromatic nitrogens is 3. The highest BCUT2D eigenvalue weighted by Crippen LogP contribution is 2.24. The van der Waals surface area contributed by atoms with E-state index in [0.717, 1.165) is 4.31 Å². The van der Waals surface area contributed by atoms with Crippen molar-refractivity contribution in [3.05, 3.63) is 30.0 Å². The summed E-state index contributed by atoms with van der Waals surface area (Å²) in [5.74, 6) is 1.69. The van der Waals surface area contributed by atoms with Gasteiger partial charge in [-0.1, -0.05) is 37.7 Å². The van der Waals surface area contributed by atoms with Gasteiger partial charge in [0.2, 0.25) is 15.9 Å². The monoisotopic (exact) mass is 356 g/mol. The van der Waals surface area contributed by atoms with Crippen LogP contribution in [0.5, 0.6) is 0 Å². The van der Waals surface area contributed by atoms with E-state index in [1.165, 1.54) is 32.1 Å². The maximum absolute atomic E-state index is 12.0. The predicted molar refractivity (Wildman–Crippen MR) is 87.7 cm³/mol. The Labute approximate surface area is 140 Å². The summed E-state index contributed by atoms with van der Waals surface area (Å²) < 4.78 is 30.3. The van der Waals surface area contributed by atoms with Gasteiger partial charge in [-0.15, -0.1) is 0 Å². The van der Waals surface area contributed by atoms with Crippen molar-refractivity contribution in [1.29, 1.82) is 0 Å². The summed E-state index contributed by atoms with van der Waals surface area (Å²) in [7, 11) is -0.478. The summed E-state index contributed by atoms with van der Waals surface area (Å²) in [6.07, 6.45) is 1.36. The summed E-state index contributed by atoms with van der Waals surface area (Å²) in [4.78, 5) is 8.68. The third-order valence-electron chi connectivity index (χ3n) is 2.95. The Balaban J connectivity index is 2.04. The minimum Gasteiger partial charge on any atom is -0.339 e. The van der Waals surface area contributed by atoms with Crippen molar-refractivity contribution >= 4 is 21.8 Å².